The average molecular weight is 412 g/mol. The number of amides is 1. The second-order valence-electron chi connectivity index (χ2n) is 8.44. The van der Waals surface area contributed by atoms with E-state index in [0.29, 0.717) is 6.42 Å². The molecule has 1 amide bonds. The van der Waals surface area contributed by atoms with Gasteiger partial charge in [0.05, 0.1) is 23.7 Å². The minimum absolute atomic E-state index is 0. The molecule has 3 aromatic heterocycles. The third-order valence-electron chi connectivity index (χ3n) is 5.94. The van der Waals surface area contributed by atoms with Crippen LogP contribution >= 0.6 is 0 Å². The number of hydrogen-bond donors (Lipinski definition) is 2. The van der Waals surface area contributed by atoms with Crippen LogP contribution in [0.1, 0.15) is 60.7 Å². The van der Waals surface area contributed by atoms with E-state index in [-0.39, 0.29) is 26.8 Å². The molecule has 0 saturated carbocycles. The maximum Gasteiger partial charge on any atom is 0.230 e. The molecule has 8 nitrogen and oxygen atoms in total. The van der Waals surface area contributed by atoms with Gasteiger partial charge in [0.1, 0.15) is 17.0 Å². The minimum atomic E-state index is -0.356. The van der Waals surface area contributed by atoms with Gasteiger partial charge >= 0.3 is 0 Å². The summed E-state index contributed by atoms with van der Waals surface area (Å²) in [7, 11) is 0. The highest BCUT2D eigenvalue weighted by atomic mass is 16.1. The largest absolute Gasteiger partial charge is 0.353 e. The summed E-state index contributed by atoms with van der Waals surface area (Å²) in [5.74, 6) is 0.436. The van der Waals surface area contributed by atoms with Crippen LogP contribution in [0.3, 0.4) is 0 Å². The molecule has 0 aliphatic carbocycles. The van der Waals surface area contributed by atoms with Crippen LogP contribution in [-0.2, 0) is 4.79 Å². The van der Waals surface area contributed by atoms with E-state index >= 15 is 0 Å². The summed E-state index contributed by atoms with van der Waals surface area (Å²) in [5, 5.41) is 12.9. The number of fused-ring (bicyclic) bond motifs is 3. The van der Waals surface area contributed by atoms with Crippen molar-refractivity contribution in [1.29, 1.82) is 5.26 Å². The third-order valence-corrected chi connectivity index (χ3v) is 5.94. The van der Waals surface area contributed by atoms with Crippen LogP contribution in [-0.4, -0.2) is 56.0 Å². The highest BCUT2D eigenvalue weighted by Gasteiger charge is 2.30. The number of nitrogens with zero attached hydrogens (tertiary/aromatic N) is 5. The van der Waals surface area contributed by atoms with Gasteiger partial charge in [0.15, 0.2) is 0 Å². The van der Waals surface area contributed by atoms with Crippen LogP contribution in [0.5, 0.6) is 0 Å². The lowest BCUT2D eigenvalue weighted by Gasteiger charge is -2.33. The molecule has 1 atom stereocenters. The number of H-pyrrole nitrogens is 1. The summed E-state index contributed by atoms with van der Waals surface area (Å²) >= 11 is 0. The zero-order valence-corrected chi connectivity index (χ0v) is 17.9. The summed E-state index contributed by atoms with van der Waals surface area (Å²) < 4.78 is 2.29. The standard InChI is InChI=1S/C22H29N7O.2H2/c1-14(2)26-22(30)15(3)21-27-18-13-25-20-17(5-9-24-20)19(18)29(21)16-6-11-28(12-7-16)10-4-8-23;;/h5,9,13-16H,4,6-7,10-12H2,1-3H3,(H,24,25)(H,26,30);2*1H. The number of piperidine rings is 1. The Hall–Kier alpha value is -2.92. The Morgan fingerprint density at radius 3 is 2.87 bits per heavy atom. The first-order valence-electron chi connectivity index (χ1n) is 10.7. The zero-order chi connectivity index (χ0) is 21.3. The van der Waals surface area contributed by atoms with Gasteiger partial charge in [-0.1, -0.05) is 0 Å². The predicted octanol–water partition coefficient (Wildman–Crippen LogP) is 3.58. The molecule has 4 heterocycles. The Balaban J connectivity index is 0.00000181. The average Bonchev–Trinajstić information content (AvgIpc) is 3.35. The Morgan fingerprint density at radius 2 is 2.17 bits per heavy atom. The SMILES string of the molecule is CC(C)NC(=O)C(C)c1nc2cnc3[nH]ccc3c2n1C1CCN(CCC#N)CC1.[HH].[HH]. The van der Waals surface area contributed by atoms with E-state index in [0.717, 1.165) is 60.4 Å². The van der Waals surface area contributed by atoms with Crippen molar-refractivity contribution in [1.82, 2.24) is 29.7 Å². The Kier molecular flexibility index (Phi) is 5.73. The van der Waals surface area contributed by atoms with Gasteiger partial charge in [0.25, 0.3) is 0 Å². The molecular formula is C22H33N7O. The van der Waals surface area contributed by atoms with Crippen molar-refractivity contribution in [2.24, 2.45) is 0 Å². The number of rotatable bonds is 6. The number of likely N-dealkylation sites (tertiary alicyclic amines) is 1. The second kappa shape index (κ2) is 8.44. The number of imidazole rings is 1. The van der Waals surface area contributed by atoms with Gasteiger partial charge in [-0.15, -0.1) is 0 Å². The monoisotopic (exact) mass is 411 g/mol. The number of carbonyl (C=O) groups excluding carboxylic acids is 1. The van der Waals surface area contributed by atoms with Gasteiger partial charge < -0.3 is 19.8 Å². The molecular weight excluding hydrogens is 378 g/mol. The molecule has 162 valence electrons. The summed E-state index contributed by atoms with van der Waals surface area (Å²) in [6.45, 7) is 8.58. The number of hydrogen-bond acceptors (Lipinski definition) is 5. The molecule has 30 heavy (non-hydrogen) atoms. The van der Waals surface area contributed by atoms with Crippen molar-refractivity contribution < 1.29 is 7.65 Å². The lowest BCUT2D eigenvalue weighted by molar-refractivity contribution is -0.122. The van der Waals surface area contributed by atoms with Gasteiger partial charge in [0, 0.05) is 52.6 Å². The lowest BCUT2D eigenvalue weighted by Crippen LogP contribution is -2.37. The maximum atomic E-state index is 12.8. The topological polar surface area (TPSA) is 103 Å². The van der Waals surface area contributed by atoms with Crippen molar-refractivity contribution in [2.75, 3.05) is 19.6 Å². The van der Waals surface area contributed by atoms with Gasteiger partial charge in [-0.05, 0) is 39.7 Å². The molecule has 0 spiro atoms. The minimum Gasteiger partial charge on any atom is -0.353 e. The maximum absolute atomic E-state index is 12.8. The first-order chi connectivity index (χ1) is 14.5. The van der Waals surface area contributed by atoms with Gasteiger partial charge in [-0.25, -0.2) is 9.97 Å². The number of pyridine rings is 1. The lowest BCUT2D eigenvalue weighted by atomic mass is 10.0. The molecule has 1 aliphatic heterocycles. The fraction of sp³-hybridized carbons (Fsp3) is 0.545. The van der Waals surface area contributed by atoms with Crippen LogP contribution < -0.4 is 5.32 Å². The van der Waals surface area contributed by atoms with E-state index in [4.69, 9.17) is 10.2 Å². The number of aromatic amines is 1. The molecule has 0 bridgehead atoms. The quantitative estimate of drug-likeness (QED) is 0.645. The first-order valence-corrected chi connectivity index (χ1v) is 10.7. The third kappa shape index (κ3) is 3.77. The smallest absolute Gasteiger partial charge is 0.230 e. The Morgan fingerprint density at radius 1 is 1.40 bits per heavy atom. The van der Waals surface area contributed by atoms with Gasteiger partial charge in [0.2, 0.25) is 5.91 Å². The van der Waals surface area contributed by atoms with Crippen LogP contribution in [0.25, 0.3) is 22.1 Å². The second-order valence-corrected chi connectivity index (χ2v) is 8.44. The van der Waals surface area contributed by atoms with Crippen molar-refractivity contribution in [3.05, 3.63) is 24.3 Å². The fourth-order valence-corrected chi connectivity index (χ4v) is 4.42. The summed E-state index contributed by atoms with van der Waals surface area (Å²) in [4.78, 5) is 27.7. The number of nitriles is 1. The summed E-state index contributed by atoms with van der Waals surface area (Å²) in [6, 6.07) is 4.62. The highest BCUT2D eigenvalue weighted by Crippen LogP contribution is 2.34. The molecule has 4 rings (SSSR count). The fourth-order valence-electron chi connectivity index (χ4n) is 4.42. The molecule has 8 heteroatoms. The van der Waals surface area contributed by atoms with E-state index < -0.39 is 0 Å². The number of aromatic nitrogens is 4. The van der Waals surface area contributed by atoms with E-state index in [1.165, 1.54) is 0 Å². The van der Waals surface area contributed by atoms with E-state index in [1.54, 1.807) is 6.20 Å². The van der Waals surface area contributed by atoms with E-state index in [9.17, 15) is 4.79 Å². The van der Waals surface area contributed by atoms with Crippen LogP contribution in [0.2, 0.25) is 0 Å². The molecule has 1 fully saturated rings. The van der Waals surface area contributed by atoms with E-state index in [2.05, 4.69) is 30.8 Å². The molecule has 3 aromatic rings. The van der Waals surface area contributed by atoms with Gasteiger partial charge in [-0.2, -0.15) is 5.26 Å². The van der Waals surface area contributed by atoms with Crippen molar-refractivity contribution in [3.63, 3.8) is 0 Å². The van der Waals surface area contributed by atoms with Gasteiger partial charge in [-0.3, -0.25) is 4.79 Å². The highest BCUT2D eigenvalue weighted by molar-refractivity contribution is 6.01. The van der Waals surface area contributed by atoms with Crippen LogP contribution in [0.15, 0.2) is 18.5 Å². The van der Waals surface area contributed by atoms with Crippen LogP contribution in [0.4, 0.5) is 0 Å². The number of nitrogens with one attached hydrogen (secondary N) is 2. The van der Waals surface area contributed by atoms with Crippen molar-refractivity contribution >= 4 is 28.0 Å². The molecule has 1 saturated heterocycles. The van der Waals surface area contributed by atoms with Crippen molar-refractivity contribution in [3.8, 4) is 6.07 Å². The molecule has 1 unspecified atom stereocenters. The van der Waals surface area contributed by atoms with E-state index in [1.807, 2.05) is 33.0 Å². The predicted molar refractivity (Wildman–Crippen MR) is 120 cm³/mol. The summed E-state index contributed by atoms with van der Waals surface area (Å²) in [5.41, 5.74) is 2.71. The molecule has 1 aliphatic rings. The summed E-state index contributed by atoms with van der Waals surface area (Å²) in [6.07, 6.45) is 6.19. The molecule has 0 aromatic carbocycles. The normalized spacial score (nSPS) is 16.9. The zero-order valence-electron chi connectivity index (χ0n) is 17.9. The Labute approximate surface area is 179 Å². The first kappa shape index (κ1) is 20.4. The molecule has 0 radical (unpaired) electrons. The molecule has 2 N–H and O–H groups in total. The Bertz CT molecular complexity index is 1090. The number of carbonyl (C=O) groups is 1. The van der Waals surface area contributed by atoms with Crippen LogP contribution in [0, 0.1) is 11.3 Å². The van der Waals surface area contributed by atoms with Crippen molar-refractivity contribution in [2.45, 2.75) is 58.0 Å².